The maximum atomic E-state index is 13.3. The molecule has 0 N–H and O–H groups in total. The monoisotopic (exact) mass is 449 g/mol. The zero-order valence-corrected chi connectivity index (χ0v) is 19.6. The van der Waals surface area contributed by atoms with E-state index in [-0.39, 0.29) is 5.56 Å². The van der Waals surface area contributed by atoms with Crippen LogP contribution in [0, 0.1) is 6.92 Å². The number of hydrogen-bond donors (Lipinski definition) is 0. The van der Waals surface area contributed by atoms with Crippen molar-refractivity contribution in [3.05, 3.63) is 75.0 Å². The van der Waals surface area contributed by atoms with Gasteiger partial charge >= 0.3 is 0 Å². The second-order valence-corrected chi connectivity index (χ2v) is 8.49. The molecule has 0 atom stereocenters. The lowest BCUT2D eigenvalue weighted by molar-refractivity contribution is 0.575. The van der Waals surface area contributed by atoms with Gasteiger partial charge < -0.3 is 4.42 Å². The first kappa shape index (κ1) is 21.8. The van der Waals surface area contributed by atoms with Crippen molar-refractivity contribution in [3.63, 3.8) is 0 Å². The van der Waals surface area contributed by atoms with Crippen LogP contribution >= 0.6 is 11.3 Å². The van der Waals surface area contributed by atoms with E-state index in [1.807, 2.05) is 73.4 Å². The van der Waals surface area contributed by atoms with E-state index >= 15 is 0 Å². The third kappa shape index (κ3) is 4.18. The Morgan fingerprint density at radius 1 is 1.16 bits per heavy atom. The number of para-hydroxylation sites is 1. The van der Waals surface area contributed by atoms with Crippen molar-refractivity contribution in [2.75, 3.05) is 0 Å². The molecule has 0 spiro atoms. The summed E-state index contributed by atoms with van der Waals surface area (Å²) in [7, 11) is 1.87. The zero-order chi connectivity index (χ0) is 22.7. The van der Waals surface area contributed by atoms with Crippen LogP contribution in [0.4, 0.5) is 5.69 Å². The van der Waals surface area contributed by atoms with Crippen molar-refractivity contribution in [2.24, 2.45) is 17.1 Å². The van der Waals surface area contributed by atoms with E-state index < -0.39 is 0 Å². The Morgan fingerprint density at radius 2 is 1.94 bits per heavy atom. The minimum atomic E-state index is -0.164. The van der Waals surface area contributed by atoms with Gasteiger partial charge in [-0.05, 0) is 51.0 Å². The van der Waals surface area contributed by atoms with Crippen LogP contribution in [0.15, 0.2) is 73.4 Å². The van der Waals surface area contributed by atoms with E-state index in [2.05, 4.69) is 6.92 Å². The molecule has 4 rings (SSSR count). The molecule has 7 nitrogen and oxygen atoms in total. The first-order valence-corrected chi connectivity index (χ1v) is 11.6. The van der Waals surface area contributed by atoms with Crippen LogP contribution in [0.25, 0.3) is 17.1 Å². The predicted octanol–water partition coefficient (Wildman–Crippen LogP) is 5.25. The van der Waals surface area contributed by atoms with E-state index in [0.717, 1.165) is 42.0 Å². The Labute approximate surface area is 190 Å². The lowest BCUT2D eigenvalue weighted by Gasteiger charge is -2.07. The molecule has 1 aromatic carbocycles. The summed E-state index contributed by atoms with van der Waals surface area (Å²) < 4.78 is 10.9. The summed E-state index contributed by atoms with van der Waals surface area (Å²) in [4.78, 5) is 18.7. The molecule has 0 saturated heterocycles. The molecule has 0 radical (unpaired) electrons. The Hall–Kier alpha value is -3.39. The number of thiazole rings is 1. The highest BCUT2D eigenvalue weighted by Gasteiger charge is 2.17. The summed E-state index contributed by atoms with van der Waals surface area (Å²) in [5, 5.41) is 6.79. The number of aromatic nitrogens is 3. The number of furan rings is 1. The van der Waals surface area contributed by atoms with Crippen LogP contribution in [0.2, 0.25) is 0 Å². The minimum absolute atomic E-state index is 0.164. The van der Waals surface area contributed by atoms with Gasteiger partial charge in [0.05, 0.1) is 17.6 Å². The molecule has 32 heavy (non-hydrogen) atoms. The molecular formula is C24H27N5O2S. The molecule has 0 saturated carbocycles. The zero-order valence-electron chi connectivity index (χ0n) is 18.8. The lowest BCUT2D eigenvalue weighted by atomic mass is 10.2. The molecular weight excluding hydrogens is 422 g/mol. The van der Waals surface area contributed by atoms with Gasteiger partial charge in [-0.3, -0.25) is 9.48 Å². The average molecular weight is 450 g/mol. The standard InChI is InChI=1S/C24H27N5O2S/c1-5-6-11-17(2)26-28-20(21-14-10-15-31-21)16-32-24(28)25-22-18(3)27(4)29(23(22)30)19-12-8-7-9-13-19/h7-10,12-16H,5-6,11H2,1-4H3. The molecule has 0 aliphatic rings. The summed E-state index contributed by atoms with van der Waals surface area (Å²) in [5.41, 5.74) is 3.64. The fourth-order valence-electron chi connectivity index (χ4n) is 3.50. The fraction of sp³-hybridized carbons (Fsp3) is 0.292. The first-order valence-electron chi connectivity index (χ1n) is 10.7. The second-order valence-electron chi connectivity index (χ2n) is 7.65. The minimum Gasteiger partial charge on any atom is -0.463 e. The lowest BCUT2D eigenvalue weighted by Crippen LogP contribution is -2.20. The number of unbranched alkanes of at least 4 members (excludes halogenated alkanes) is 1. The summed E-state index contributed by atoms with van der Waals surface area (Å²) in [6.07, 6.45) is 4.72. The quantitative estimate of drug-likeness (QED) is 0.361. The van der Waals surface area contributed by atoms with Crippen molar-refractivity contribution in [3.8, 4) is 17.1 Å². The van der Waals surface area contributed by atoms with Crippen molar-refractivity contribution in [1.29, 1.82) is 0 Å². The summed E-state index contributed by atoms with van der Waals surface area (Å²) in [6.45, 7) is 6.09. The molecule has 0 aliphatic carbocycles. The van der Waals surface area contributed by atoms with Gasteiger partial charge in [0.25, 0.3) is 5.56 Å². The first-order chi connectivity index (χ1) is 15.5. The molecule has 0 aliphatic heterocycles. The van der Waals surface area contributed by atoms with Crippen LogP contribution in [-0.4, -0.2) is 19.8 Å². The maximum Gasteiger partial charge on any atom is 0.297 e. The van der Waals surface area contributed by atoms with Crippen LogP contribution in [-0.2, 0) is 7.05 Å². The van der Waals surface area contributed by atoms with E-state index in [0.29, 0.717) is 16.2 Å². The van der Waals surface area contributed by atoms with Gasteiger partial charge in [0.2, 0.25) is 4.80 Å². The highest BCUT2D eigenvalue weighted by molar-refractivity contribution is 7.07. The SMILES string of the molecule is CCCCC(C)=Nn1c(-c2ccco2)csc1=Nc1c(C)n(C)n(-c2ccccc2)c1=O. The topological polar surface area (TPSA) is 69.7 Å². The van der Waals surface area contributed by atoms with Crippen molar-refractivity contribution < 1.29 is 4.42 Å². The van der Waals surface area contributed by atoms with Crippen molar-refractivity contribution in [1.82, 2.24) is 14.0 Å². The van der Waals surface area contributed by atoms with Gasteiger partial charge in [0.1, 0.15) is 5.69 Å². The maximum absolute atomic E-state index is 13.3. The van der Waals surface area contributed by atoms with Gasteiger partial charge in [-0.15, -0.1) is 11.3 Å². The Bertz CT molecular complexity index is 1350. The second kappa shape index (κ2) is 9.40. The number of nitrogens with zero attached hydrogens (tertiary/aromatic N) is 5. The molecule has 4 aromatic rings. The smallest absolute Gasteiger partial charge is 0.297 e. The van der Waals surface area contributed by atoms with Gasteiger partial charge in [0.15, 0.2) is 11.4 Å². The number of benzene rings is 1. The van der Waals surface area contributed by atoms with Crippen LogP contribution in [0.1, 0.15) is 38.8 Å². The molecule has 0 fully saturated rings. The largest absolute Gasteiger partial charge is 0.463 e. The molecule has 0 unspecified atom stereocenters. The molecule has 0 bridgehead atoms. The highest BCUT2D eigenvalue weighted by Crippen LogP contribution is 2.22. The Kier molecular flexibility index (Phi) is 6.41. The van der Waals surface area contributed by atoms with Crippen LogP contribution in [0.5, 0.6) is 0 Å². The van der Waals surface area contributed by atoms with E-state index in [9.17, 15) is 4.79 Å². The normalized spacial score (nSPS) is 12.6. The Morgan fingerprint density at radius 3 is 2.62 bits per heavy atom. The van der Waals surface area contributed by atoms with E-state index in [1.54, 1.807) is 15.6 Å². The van der Waals surface area contributed by atoms with Crippen LogP contribution in [0.3, 0.4) is 0 Å². The molecule has 3 heterocycles. The average Bonchev–Trinajstić information content (AvgIpc) is 3.50. The van der Waals surface area contributed by atoms with Gasteiger partial charge in [0, 0.05) is 18.1 Å². The number of rotatable bonds is 7. The molecule has 166 valence electrons. The third-order valence-electron chi connectivity index (χ3n) is 5.35. The third-order valence-corrected chi connectivity index (χ3v) is 6.17. The summed E-state index contributed by atoms with van der Waals surface area (Å²) in [5.74, 6) is 0.709. The van der Waals surface area contributed by atoms with E-state index in [4.69, 9.17) is 14.5 Å². The Balaban J connectivity index is 1.90. The van der Waals surface area contributed by atoms with Crippen molar-refractivity contribution >= 4 is 22.7 Å². The molecule has 0 amide bonds. The molecule has 8 heteroatoms. The van der Waals surface area contributed by atoms with Crippen LogP contribution < -0.4 is 10.4 Å². The van der Waals surface area contributed by atoms with Gasteiger partial charge in [-0.1, -0.05) is 31.5 Å². The van der Waals surface area contributed by atoms with Gasteiger partial charge in [-0.2, -0.15) is 5.10 Å². The molecule has 3 aromatic heterocycles. The summed E-state index contributed by atoms with van der Waals surface area (Å²) >= 11 is 1.44. The fourth-order valence-corrected chi connectivity index (χ4v) is 4.32. The van der Waals surface area contributed by atoms with E-state index in [1.165, 1.54) is 11.3 Å². The highest BCUT2D eigenvalue weighted by atomic mass is 32.1. The van der Waals surface area contributed by atoms with Crippen molar-refractivity contribution in [2.45, 2.75) is 40.0 Å². The number of hydrogen-bond acceptors (Lipinski definition) is 5. The van der Waals surface area contributed by atoms with Gasteiger partial charge in [-0.25, -0.2) is 14.4 Å². The predicted molar refractivity (Wildman–Crippen MR) is 129 cm³/mol. The summed E-state index contributed by atoms with van der Waals surface area (Å²) in [6, 6.07) is 13.3.